The fourth-order valence-electron chi connectivity index (χ4n) is 2.51. The molecule has 0 saturated heterocycles. The molecule has 0 saturated carbocycles. The summed E-state index contributed by atoms with van der Waals surface area (Å²) in [6.45, 7) is 1.64. The lowest BCUT2D eigenvalue weighted by Gasteiger charge is -2.17. The Morgan fingerprint density at radius 2 is 1.06 bits per heavy atom. The lowest BCUT2D eigenvalue weighted by Crippen LogP contribution is -2.31. The van der Waals surface area contributed by atoms with Crippen molar-refractivity contribution in [2.45, 2.75) is 32.5 Å². The van der Waals surface area contributed by atoms with Crippen LogP contribution in [0, 0.1) is 0 Å². The molecule has 9 nitrogen and oxygen atoms in total. The molecule has 2 atom stereocenters. The normalized spacial score (nSPS) is 12.1. The number of hydrogen-bond donors (Lipinski definition) is 4. The van der Waals surface area contributed by atoms with E-state index in [4.69, 9.17) is 34.6 Å². The Morgan fingerprint density at radius 3 is 1.34 bits per heavy atom. The van der Waals surface area contributed by atoms with E-state index in [0.29, 0.717) is 0 Å². The minimum absolute atomic E-state index is 0.0339. The van der Waals surface area contributed by atoms with Crippen LogP contribution in [0.25, 0.3) is 0 Å². The molecule has 9 heteroatoms. The summed E-state index contributed by atoms with van der Waals surface area (Å²) in [4.78, 5) is 21.2. The molecule has 0 aliphatic rings. The summed E-state index contributed by atoms with van der Waals surface area (Å²) in [5.41, 5.74) is 2.27. The van der Waals surface area contributed by atoms with E-state index in [9.17, 15) is 9.59 Å². The lowest BCUT2D eigenvalue weighted by molar-refractivity contribution is -0.157. The van der Waals surface area contributed by atoms with E-state index in [2.05, 4.69) is 0 Å². The second kappa shape index (κ2) is 14.8. The first-order chi connectivity index (χ1) is 15.2. The van der Waals surface area contributed by atoms with Crippen LogP contribution >= 0.6 is 0 Å². The zero-order valence-corrected chi connectivity index (χ0v) is 18.1. The fourth-order valence-corrected chi connectivity index (χ4v) is 2.51. The van der Waals surface area contributed by atoms with Crippen molar-refractivity contribution in [3.8, 4) is 11.5 Å². The Hall–Kier alpha value is -3.14. The second-order valence-electron chi connectivity index (χ2n) is 6.88. The summed E-state index contributed by atoms with van der Waals surface area (Å²) in [5.74, 6) is -0.480. The van der Waals surface area contributed by atoms with Gasteiger partial charge >= 0.3 is 11.9 Å². The molecule has 32 heavy (non-hydrogen) atoms. The van der Waals surface area contributed by atoms with Crippen molar-refractivity contribution < 1.29 is 44.2 Å². The third kappa shape index (κ3) is 11.9. The van der Waals surface area contributed by atoms with Crippen molar-refractivity contribution in [2.24, 2.45) is 0 Å². The molecule has 176 valence electrons. The van der Waals surface area contributed by atoms with Gasteiger partial charge in [-0.1, -0.05) is 24.3 Å². The lowest BCUT2D eigenvalue weighted by atomic mass is 10.1. The number of aromatic hydroxyl groups is 2. The Labute approximate surface area is 186 Å². The monoisotopic (exact) mass is 450 g/mol. The molecule has 4 N–H and O–H groups in total. The number of benzene rings is 2. The van der Waals surface area contributed by atoms with Crippen molar-refractivity contribution in [3.05, 3.63) is 59.7 Å². The molecule has 0 spiro atoms. The van der Waals surface area contributed by atoms with Gasteiger partial charge in [0.15, 0.2) is 0 Å². The molecule has 0 aromatic heterocycles. The maximum Gasteiger partial charge on any atom is 0.303 e. The predicted octanol–water partition coefficient (Wildman–Crippen LogP) is 1.54. The van der Waals surface area contributed by atoms with E-state index in [1.54, 1.807) is 24.3 Å². The maximum atomic E-state index is 10.6. The van der Waals surface area contributed by atoms with E-state index >= 15 is 0 Å². The quantitative estimate of drug-likeness (QED) is 0.396. The van der Waals surface area contributed by atoms with Crippen molar-refractivity contribution in [3.63, 3.8) is 0 Å². The van der Waals surface area contributed by atoms with Crippen LogP contribution in [0.4, 0.5) is 0 Å². The highest BCUT2D eigenvalue weighted by Gasteiger charge is 2.15. The van der Waals surface area contributed by atoms with Crippen LogP contribution in [0.5, 0.6) is 11.5 Å². The first kappa shape index (κ1) is 26.9. The number of carbonyl (C=O) groups excluding carboxylic acids is 2. The Balaban J connectivity index is 0.000000321. The van der Waals surface area contributed by atoms with E-state index < -0.39 is 24.1 Å². The molecule has 0 fully saturated rings. The third-order valence-corrected chi connectivity index (χ3v) is 3.96. The number of aliphatic hydroxyl groups is 2. The van der Waals surface area contributed by atoms with Gasteiger partial charge in [-0.25, -0.2) is 0 Å². The van der Waals surface area contributed by atoms with Crippen LogP contribution in [0.1, 0.15) is 25.0 Å². The minimum atomic E-state index is -0.760. The van der Waals surface area contributed by atoms with Gasteiger partial charge in [0, 0.05) is 13.8 Å². The van der Waals surface area contributed by atoms with Crippen molar-refractivity contribution >= 4 is 11.9 Å². The number of aliphatic hydroxyl groups excluding tert-OH is 2. The zero-order valence-electron chi connectivity index (χ0n) is 18.1. The van der Waals surface area contributed by atoms with Gasteiger partial charge in [0.05, 0.1) is 26.4 Å². The van der Waals surface area contributed by atoms with Crippen LogP contribution in [0.15, 0.2) is 48.5 Å². The molecule has 0 bridgehead atoms. The summed E-state index contributed by atoms with van der Waals surface area (Å²) < 4.78 is 14.5. The van der Waals surface area contributed by atoms with E-state index in [1.807, 2.05) is 24.3 Å². The first-order valence-electron chi connectivity index (χ1n) is 9.93. The molecule has 0 heterocycles. The molecule has 0 radical (unpaired) electrons. The average molecular weight is 450 g/mol. The third-order valence-electron chi connectivity index (χ3n) is 3.96. The molecule has 2 unspecified atom stereocenters. The van der Waals surface area contributed by atoms with Gasteiger partial charge in [-0.2, -0.15) is 0 Å². The zero-order chi connectivity index (χ0) is 23.9. The Bertz CT molecular complexity index is 736. The number of esters is 2. The highest BCUT2D eigenvalue weighted by molar-refractivity contribution is 5.66. The van der Waals surface area contributed by atoms with E-state index in [1.165, 1.54) is 13.8 Å². The first-order valence-corrected chi connectivity index (χ1v) is 9.93. The molecule has 2 aromatic rings. The fraction of sp³-hybridized carbons (Fsp3) is 0.391. The minimum Gasteiger partial charge on any atom is -0.508 e. The molecule has 0 aliphatic carbocycles. The average Bonchev–Trinajstić information content (AvgIpc) is 2.75. The number of hydrogen-bond acceptors (Lipinski definition) is 9. The number of ether oxygens (including phenoxy) is 3. The summed E-state index contributed by atoms with van der Waals surface area (Å²) in [5, 5.41) is 36.0. The van der Waals surface area contributed by atoms with Crippen molar-refractivity contribution in [2.75, 3.05) is 26.4 Å². The molecular weight excluding hydrogens is 420 g/mol. The van der Waals surface area contributed by atoms with E-state index in [-0.39, 0.29) is 37.9 Å². The molecular formula is C23H30O9. The summed E-state index contributed by atoms with van der Waals surface area (Å²) in [6.07, 6.45) is -0.714. The van der Waals surface area contributed by atoms with Crippen molar-refractivity contribution in [1.29, 1.82) is 0 Å². The Morgan fingerprint density at radius 1 is 0.719 bits per heavy atom. The van der Waals surface area contributed by atoms with E-state index in [0.717, 1.165) is 17.5 Å². The Kier molecular flexibility index (Phi) is 12.4. The van der Waals surface area contributed by atoms with Gasteiger partial charge in [0.25, 0.3) is 0 Å². The van der Waals surface area contributed by atoms with Gasteiger partial charge in [0.1, 0.15) is 23.7 Å². The van der Waals surface area contributed by atoms with Crippen LogP contribution < -0.4 is 0 Å². The number of carbonyl (C=O) groups is 2. The molecule has 0 amide bonds. The van der Waals surface area contributed by atoms with Gasteiger partial charge in [-0.05, 0) is 41.8 Å². The number of rotatable bonds is 10. The van der Waals surface area contributed by atoms with Crippen LogP contribution in [-0.4, -0.2) is 71.0 Å². The standard InChI is InChI=1S/C13H12O2.C10H18O7/c14-12-5-1-10(2-6-12)9-11-3-7-13(15)8-4-11;1-7(13)16-9(3-11)5-15-6-10(4-12)17-8(2)14/h1-8,14-15H,9H2;9-12H,3-6H2,1-2H3. The highest BCUT2D eigenvalue weighted by atomic mass is 16.6. The smallest absolute Gasteiger partial charge is 0.303 e. The second-order valence-corrected chi connectivity index (χ2v) is 6.88. The van der Waals surface area contributed by atoms with Crippen LogP contribution in [-0.2, 0) is 30.2 Å². The molecule has 2 aromatic carbocycles. The largest absolute Gasteiger partial charge is 0.508 e. The SMILES string of the molecule is CC(=O)OC(CO)COCC(CO)OC(C)=O.Oc1ccc(Cc2ccc(O)cc2)cc1. The number of phenols is 2. The maximum absolute atomic E-state index is 10.6. The summed E-state index contributed by atoms with van der Waals surface area (Å²) in [7, 11) is 0. The van der Waals surface area contributed by atoms with Gasteiger partial charge in [-0.3, -0.25) is 9.59 Å². The highest BCUT2D eigenvalue weighted by Crippen LogP contribution is 2.16. The summed E-state index contributed by atoms with van der Waals surface area (Å²) >= 11 is 0. The number of phenolic OH excluding ortho intramolecular Hbond substituents is 2. The van der Waals surface area contributed by atoms with Crippen LogP contribution in [0.3, 0.4) is 0 Å². The topological polar surface area (TPSA) is 143 Å². The van der Waals surface area contributed by atoms with Crippen molar-refractivity contribution in [1.82, 2.24) is 0 Å². The molecule has 0 aliphatic heterocycles. The van der Waals surface area contributed by atoms with Crippen LogP contribution in [0.2, 0.25) is 0 Å². The van der Waals surface area contributed by atoms with Gasteiger partial charge < -0.3 is 34.6 Å². The summed E-state index contributed by atoms with van der Waals surface area (Å²) in [6, 6.07) is 14.3. The van der Waals surface area contributed by atoms with Gasteiger partial charge in [0.2, 0.25) is 0 Å². The van der Waals surface area contributed by atoms with Gasteiger partial charge in [-0.15, -0.1) is 0 Å². The molecule has 2 rings (SSSR count). The predicted molar refractivity (Wildman–Crippen MR) is 115 cm³/mol.